The van der Waals surface area contributed by atoms with Crippen molar-refractivity contribution in [3.8, 4) is 0 Å². The van der Waals surface area contributed by atoms with E-state index >= 15 is 0 Å². The Kier molecular flexibility index (Phi) is 3.43. The number of nitrogens with two attached hydrogens (primary N) is 1. The Labute approximate surface area is 81.1 Å². The number of hydrogen-bond donors (Lipinski definition) is 4. The highest BCUT2D eigenvalue weighted by atomic mass is 16.4. The van der Waals surface area contributed by atoms with Crippen LogP contribution in [0.15, 0.2) is 0 Å². The first kappa shape index (κ1) is 10.9. The van der Waals surface area contributed by atoms with Gasteiger partial charge in [-0.3, -0.25) is 20.9 Å². The summed E-state index contributed by atoms with van der Waals surface area (Å²) in [5.74, 6) is 2.08. The first-order chi connectivity index (χ1) is 6.54. The third kappa shape index (κ3) is 2.43. The van der Waals surface area contributed by atoms with Gasteiger partial charge in [-0.15, -0.1) is 0 Å². The fourth-order valence-corrected chi connectivity index (χ4v) is 1.86. The van der Waals surface area contributed by atoms with Crippen LogP contribution in [0.1, 0.15) is 19.3 Å². The second-order valence-corrected chi connectivity index (χ2v) is 3.64. The quantitative estimate of drug-likeness (QED) is 0.359. The molecule has 0 bridgehead atoms. The number of nitrogens with one attached hydrogen (secondary N) is 1. The molecule has 0 spiro atoms. The highest BCUT2D eigenvalue weighted by molar-refractivity contribution is 5.74. The van der Waals surface area contributed by atoms with Crippen LogP contribution in [0.5, 0.6) is 0 Å². The van der Waals surface area contributed by atoms with E-state index in [2.05, 4.69) is 5.43 Å². The molecule has 0 saturated heterocycles. The molecule has 6 heteroatoms. The van der Waals surface area contributed by atoms with Crippen molar-refractivity contribution in [2.45, 2.75) is 25.3 Å². The summed E-state index contributed by atoms with van der Waals surface area (Å²) < 4.78 is 0. The van der Waals surface area contributed by atoms with E-state index in [0.717, 1.165) is 0 Å². The molecule has 5 N–H and O–H groups in total. The number of carboxylic acids is 2. The van der Waals surface area contributed by atoms with Crippen LogP contribution < -0.4 is 11.3 Å². The van der Waals surface area contributed by atoms with Crippen LogP contribution in [0, 0.1) is 11.8 Å². The lowest BCUT2D eigenvalue weighted by Crippen LogP contribution is -2.44. The Hall–Kier alpha value is -1.14. The average Bonchev–Trinajstić information content (AvgIpc) is 2.16. The van der Waals surface area contributed by atoms with Crippen molar-refractivity contribution in [1.29, 1.82) is 0 Å². The van der Waals surface area contributed by atoms with Crippen molar-refractivity contribution < 1.29 is 19.8 Å². The molecule has 1 saturated carbocycles. The van der Waals surface area contributed by atoms with Crippen LogP contribution in [0.2, 0.25) is 0 Å². The van der Waals surface area contributed by atoms with Crippen LogP contribution in [-0.4, -0.2) is 28.2 Å². The summed E-state index contributed by atoms with van der Waals surface area (Å²) in [7, 11) is 0. The Balaban J connectivity index is 2.66. The zero-order chi connectivity index (χ0) is 10.7. The highest BCUT2D eigenvalue weighted by Gasteiger charge is 2.35. The lowest BCUT2D eigenvalue weighted by Gasteiger charge is -2.30. The molecular weight excluding hydrogens is 188 g/mol. The van der Waals surface area contributed by atoms with Gasteiger partial charge in [0.1, 0.15) is 0 Å². The van der Waals surface area contributed by atoms with Gasteiger partial charge >= 0.3 is 11.9 Å². The summed E-state index contributed by atoms with van der Waals surface area (Å²) in [4.78, 5) is 21.4. The fraction of sp³-hybridized carbons (Fsp3) is 0.750. The van der Waals surface area contributed by atoms with Crippen molar-refractivity contribution in [2.75, 3.05) is 0 Å². The van der Waals surface area contributed by atoms with Crippen LogP contribution in [0.4, 0.5) is 0 Å². The molecule has 0 heterocycles. The van der Waals surface area contributed by atoms with Gasteiger partial charge in [0, 0.05) is 6.04 Å². The minimum absolute atomic E-state index is 0.197. The van der Waals surface area contributed by atoms with Gasteiger partial charge in [0.05, 0.1) is 11.8 Å². The largest absolute Gasteiger partial charge is 0.481 e. The van der Waals surface area contributed by atoms with Gasteiger partial charge in [0.2, 0.25) is 0 Å². The second kappa shape index (κ2) is 4.39. The molecule has 2 atom stereocenters. The van der Waals surface area contributed by atoms with E-state index in [0.29, 0.717) is 12.8 Å². The average molecular weight is 202 g/mol. The maximum absolute atomic E-state index is 10.7. The molecule has 2 unspecified atom stereocenters. The SMILES string of the molecule is NNC1CC(C(=O)O)CC(C(=O)O)C1. The number of aliphatic carboxylic acids is 2. The predicted molar refractivity (Wildman–Crippen MR) is 47.2 cm³/mol. The van der Waals surface area contributed by atoms with Gasteiger partial charge in [-0.05, 0) is 19.3 Å². The Morgan fingerprint density at radius 3 is 1.79 bits per heavy atom. The predicted octanol–water partition coefficient (Wildman–Crippen LogP) is -0.596. The lowest BCUT2D eigenvalue weighted by atomic mass is 9.79. The first-order valence-electron chi connectivity index (χ1n) is 4.46. The van der Waals surface area contributed by atoms with Crippen LogP contribution >= 0.6 is 0 Å². The normalized spacial score (nSPS) is 32.5. The van der Waals surface area contributed by atoms with Gasteiger partial charge in [-0.25, -0.2) is 0 Å². The number of carbonyl (C=O) groups is 2. The van der Waals surface area contributed by atoms with Crippen LogP contribution in [-0.2, 0) is 9.59 Å². The summed E-state index contributed by atoms with van der Waals surface area (Å²) in [5.41, 5.74) is 2.45. The molecule has 1 aliphatic carbocycles. The molecule has 0 aromatic rings. The van der Waals surface area contributed by atoms with E-state index in [1.807, 2.05) is 0 Å². The Bertz CT molecular complexity index is 221. The molecule has 0 aromatic heterocycles. The van der Waals surface area contributed by atoms with Crippen molar-refractivity contribution in [3.63, 3.8) is 0 Å². The molecule has 80 valence electrons. The molecule has 1 fully saturated rings. The zero-order valence-electron chi connectivity index (χ0n) is 7.64. The summed E-state index contributed by atoms with van der Waals surface area (Å²) in [6, 6.07) is -0.217. The number of hydrazine groups is 1. The summed E-state index contributed by atoms with van der Waals surface area (Å²) in [6.45, 7) is 0. The molecule has 0 radical (unpaired) electrons. The first-order valence-corrected chi connectivity index (χ1v) is 4.46. The molecule has 14 heavy (non-hydrogen) atoms. The Morgan fingerprint density at radius 1 is 1.07 bits per heavy atom. The number of carboxylic acid groups (broad SMARTS) is 2. The molecule has 0 aliphatic heterocycles. The van der Waals surface area contributed by atoms with E-state index in [1.165, 1.54) is 0 Å². The van der Waals surface area contributed by atoms with Gasteiger partial charge in [0.25, 0.3) is 0 Å². The monoisotopic (exact) mass is 202 g/mol. The summed E-state index contributed by atoms with van der Waals surface area (Å²) >= 11 is 0. The summed E-state index contributed by atoms with van der Waals surface area (Å²) in [6.07, 6.45) is 0.994. The molecule has 6 nitrogen and oxygen atoms in total. The van der Waals surface area contributed by atoms with E-state index < -0.39 is 23.8 Å². The maximum atomic E-state index is 10.7. The van der Waals surface area contributed by atoms with Gasteiger partial charge in [-0.2, -0.15) is 0 Å². The minimum atomic E-state index is -0.948. The van der Waals surface area contributed by atoms with Crippen molar-refractivity contribution >= 4 is 11.9 Å². The maximum Gasteiger partial charge on any atom is 0.306 e. The zero-order valence-corrected chi connectivity index (χ0v) is 7.64. The second-order valence-electron chi connectivity index (χ2n) is 3.64. The molecule has 1 rings (SSSR count). The molecular formula is C8H14N2O4. The van der Waals surface area contributed by atoms with E-state index in [-0.39, 0.29) is 12.5 Å². The van der Waals surface area contributed by atoms with E-state index in [1.54, 1.807) is 0 Å². The van der Waals surface area contributed by atoms with Crippen LogP contribution in [0.25, 0.3) is 0 Å². The minimum Gasteiger partial charge on any atom is -0.481 e. The third-order valence-corrected chi connectivity index (χ3v) is 2.64. The fourth-order valence-electron chi connectivity index (χ4n) is 1.86. The standard InChI is InChI=1S/C8H14N2O4/c9-10-6-2-4(7(11)12)1-5(3-6)8(13)14/h4-6,10H,1-3,9H2,(H,11,12)(H,13,14). The van der Waals surface area contributed by atoms with Crippen molar-refractivity contribution in [1.82, 2.24) is 5.43 Å². The highest BCUT2D eigenvalue weighted by Crippen LogP contribution is 2.29. The molecule has 0 aromatic carbocycles. The van der Waals surface area contributed by atoms with Gasteiger partial charge < -0.3 is 10.2 Å². The summed E-state index contributed by atoms with van der Waals surface area (Å²) in [5, 5.41) is 17.6. The topological polar surface area (TPSA) is 113 Å². The lowest BCUT2D eigenvalue weighted by molar-refractivity contribution is -0.148. The smallest absolute Gasteiger partial charge is 0.306 e. The number of rotatable bonds is 3. The molecule has 1 aliphatic rings. The van der Waals surface area contributed by atoms with Crippen molar-refractivity contribution in [2.24, 2.45) is 17.7 Å². The van der Waals surface area contributed by atoms with E-state index in [4.69, 9.17) is 16.1 Å². The number of hydrogen-bond acceptors (Lipinski definition) is 4. The van der Waals surface area contributed by atoms with Crippen LogP contribution in [0.3, 0.4) is 0 Å². The van der Waals surface area contributed by atoms with Crippen molar-refractivity contribution in [3.05, 3.63) is 0 Å². The van der Waals surface area contributed by atoms with E-state index in [9.17, 15) is 9.59 Å². The Morgan fingerprint density at radius 2 is 1.50 bits per heavy atom. The third-order valence-electron chi connectivity index (χ3n) is 2.64. The van der Waals surface area contributed by atoms with Gasteiger partial charge in [0.15, 0.2) is 0 Å². The molecule has 0 amide bonds. The van der Waals surface area contributed by atoms with Gasteiger partial charge in [-0.1, -0.05) is 0 Å².